The van der Waals surface area contributed by atoms with E-state index in [1.54, 1.807) is 7.11 Å². The highest BCUT2D eigenvalue weighted by Gasteiger charge is 2.10. The van der Waals surface area contributed by atoms with E-state index < -0.39 is 0 Å². The Balaban J connectivity index is 2.85. The molecule has 1 heterocycles. The van der Waals surface area contributed by atoms with Crippen LogP contribution in [0.4, 0.5) is 0 Å². The largest absolute Gasteiger partial charge is 0.494 e. The average Bonchev–Trinajstić information content (AvgIpc) is 2.53. The third-order valence-corrected chi connectivity index (χ3v) is 3.18. The maximum Gasteiger partial charge on any atom is 0.149 e. The van der Waals surface area contributed by atoms with Gasteiger partial charge in [-0.3, -0.25) is 0 Å². The first kappa shape index (κ1) is 9.09. The summed E-state index contributed by atoms with van der Waals surface area (Å²) in [6, 6.07) is 3.89. The van der Waals surface area contributed by atoms with E-state index in [0.29, 0.717) is 0 Å². The number of H-pyrrole nitrogens is 1. The van der Waals surface area contributed by atoms with Crippen molar-refractivity contribution in [3.05, 3.63) is 27.3 Å². The van der Waals surface area contributed by atoms with Crippen molar-refractivity contribution in [1.82, 2.24) is 4.98 Å². The lowest BCUT2D eigenvalue weighted by Gasteiger charge is -2.06. The zero-order valence-corrected chi connectivity index (χ0v) is 9.99. The second-order valence-electron chi connectivity index (χ2n) is 2.58. The molecular weight excluding hydrogens is 298 g/mol. The number of aromatic amines is 1. The summed E-state index contributed by atoms with van der Waals surface area (Å²) >= 11 is 6.90. The molecule has 0 aliphatic rings. The predicted molar refractivity (Wildman–Crippen MR) is 59.1 cm³/mol. The van der Waals surface area contributed by atoms with Gasteiger partial charge in [0.25, 0.3) is 0 Å². The number of hydrogen-bond donors (Lipinski definition) is 1. The van der Waals surface area contributed by atoms with Crippen LogP contribution in [0.1, 0.15) is 0 Å². The van der Waals surface area contributed by atoms with Crippen molar-refractivity contribution in [1.29, 1.82) is 0 Å². The Morgan fingerprint density at radius 1 is 1.46 bits per heavy atom. The molecule has 0 amide bonds. The number of methoxy groups -OCH3 is 1. The van der Waals surface area contributed by atoms with E-state index in [-0.39, 0.29) is 0 Å². The smallest absolute Gasteiger partial charge is 0.149 e. The van der Waals surface area contributed by atoms with Gasteiger partial charge in [0.1, 0.15) is 5.75 Å². The summed E-state index contributed by atoms with van der Waals surface area (Å²) < 4.78 is 7.08. The summed E-state index contributed by atoms with van der Waals surface area (Å²) in [5, 5.41) is 1.10. The summed E-state index contributed by atoms with van der Waals surface area (Å²) in [6.07, 6.45) is 2.93. The highest BCUT2D eigenvalue weighted by atomic mass is 79.9. The molecule has 0 saturated carbocycles. The summed E-state index contributed by atoms with van der Waals surface area (Å²) in [7, 11) is 1.64. The normalized spacial score (nSPS) is 10.7. The van der Waals surface area contributed by atoms with E-state index in [0.717, 1.165) is 25.6 Å². The Morgan fingerprint density at radius 3 is 2.92 bits per heavy atom. The van der Waals surface area contributed by atoms with Crippen LogP contribution in [0.3, 0.4) is 0 Å². The number of ether oxygens (including phenoxy) is 1. The van der Waals surface area contributed by atoms with Gasteiger partial charge >= 0.3 is 0 Å². The number of benzene rings is 1. The molecule has 0 unspecified atom stereocenters. The number of halogens is 2. The van der Waals surface area contributed by atoms with Crippen molar-refractivity contribution < 1.29 is 4.74 Å². The molecule has 1 aromatic heterocycles. The molecule has 4 heteroatoms. The Hall–Kier alpha value is -0.480. The van der Waals surface area contributed by atoms with E-state index in [2.05, 4.69) is 43.0 Å². The Kier molecular flexibility index (Phi) is 2.34. The van der Waals surface area contributed by atoms with Gasteiger partial charge in [0.15, 0.2) is 0 Å². The molecule has 13 heavy (non-hydrogen) atoms. The maximum absolute atomic E-state index is 5.23. The van der Waals surface area contributed by atoms with Crippen LogP contribution < -0.4 is 4.74 Å². The highest BCUT2D eigenvalue weighted by Crippen LogP contribution is 2.38. The van der Waals surface area contributed by atoms with E-state index in [4.69, 9.17) is 4.74 Å². The Bertz CT molecular complexity index is 450. The first-order valence-electron chi connectivity index (χ1n) is 3.65. The highest BCUT2D eigenvalue weighted by molar-refractivity contribution is 9.11. The van der Waals surface area contributed by atoms with Crippen LogP contribution in [0, 0.1) is 6.20 Å². The fraction of sp³-hybridized carbons (Fsp3) is 0.111. The van der Waals surface area contributed by atoms with Crippen LogP contribution in [0.2, 0.25) is 0 Å². The molecule has 0 saturated heterocycles. The van der Waals surface area contributed by atoms with E-state index >= 15 is 0 Å². The van der Waals surface area contributed by atoms with Gasteiger partial charge in [0.2, 0.25) is 0 Å². The minimum atomic E-state index is 0.795. The number of fused-ring (bicyclic) bond motifs is 1. The zero-order chi connectivity index (χ0) is 9.42. The fourth-order valence-electron chi connectivity index (χ4n) is 1.23. The number of hydrogen-bond acceptors (Lipinski definition) is 1. The summed E-state index contributed by atoms with van der Waals surface area (Å²) in [4.78, 5) is 3.02. The molecule has 1 radical (unpaired) electrons. The van der Waals surface area contributed by atoms with E-state index in [1.165, 1.54) is 0 Å². The molecule has 2 nitrogen and oxygen atoms in total. The van der Waals surface area contributed by atoms with E-state index in [1.807, 2.05) is 12.1 Å². The minimum Gasteiger partial charge on any atom is -0.494 e. The monoisotopic (exact) mass is 302 g/mol. The topological polar surface area (TPSA) is 25.0 Å². The van der Waals surface area contributed by atoms with Crippen molar-refractivity contribution in [2.45, 2.75) is 0 Å². The van der Waals surface area contributed by atoms with Gasteiger partial charge in [-0.25, -0.2) is 0 Å². The SMILES string of the molecule is COc1c(Br)cc2c[c][nH]c2c1Br. The van der Waals surface area contributed by atoms with Gasteiger partial charge in [-0.1, -0.05) is 0 Å². The van der Waals surface area contributed by atoms with Crippen molar-refractivity contribution in [2.75, 3.05) is 7.11 Å². The molecule has 0 aliphatic heterocycles. The third-order valence-electron chi connectivity index (χ3n) is 1.84. The van der Waals surface area contributed by atoms with Gasteiger partial charge in [0.05, 0.1) is 27.8 Å². The summed E-state index contributed by atoms with van der Waals surface area (Å²) in [5.41, 5.74) is 1.00. The lowest BCUT2D eigenvalue weighted by Crippen LogP contribution is -1.86. The van der Waals surface area contributed by atoms with Crippen molar-refractivity contribution in [3.63, 3.8) is 0 Å². The minimum absolute atomic E-state index is 0.795. The molecule has 0 spiro atoms. The molecule has 1 aromatic carbocycles. The lowest BCUT2D eigenvalue weighted by atomic mass is 10.2. The summed E-state index contributed by atoms with van der Waals surface area (Å²) in [5.74, 6) is 0.795. The second-order valence-corrected chi connectivity index (χ2v) is 4.23. The van der Waals surface area contributed by atoms with Crippen LogP contribution >= 0.6 is 31.9 Å². The van der Waals surface area contributed by atoms with Crippen LogP contribution in [0.25, 0.3) is 10.9 Å². The average molecular weight is 304 g/mol. The van der Waals surface area contributed by atoms with Gasteiger partial charge in [0, 0.05) is 5.39 Å². The van der Waals surface area contributed by atoms with Crippen molar-refractivity contribution in [2.24, 2.45) is 0 Å². The fourth-order valence-corrected chi connectivity index (χ4v) is 2.81. The van der Waals surface area contributed by atoms with Gasteiger partial charge < -0.3 is 9.72 Å². The lowest BCUT2D eigenvalue weighted by molar-refractivity contribution is 0.410. The molecule has 0 bridgehead atoms. The Morgan fingerprint density at radius 2 is 2.23 bits per heavy atom. The van der Waals surface area contributed by atoms with Crippen molar-refractivity contribution in [3.8, 4) is 5.75 Å². The number of rotatable bonds is 1. The van der Waals surface area contributed by atoms with Gasteiger partial charge in [-0.2, -0.15) is 0 Å². The first-order valence-corrected chi connectivity index (χ1v) is 5.23. The van der Waals surface area contributed by atoms with Crippen LogP contribution in [-0.4, -0.2) is 12.1 Å². The number of nitrogens with one attached hydrogen (secondary N) is 1. The maximum atomic E-state index is 5.23. The zero-order valence-electron chi connectivity index (χ0n) is 6.82. The second kappa shape index (κ2) is 3.35. The molecule has 2 rings (SSSR count). The van der Waals surface area contributed by atoms with Crippen LogP contribution in [0.5, 0.6) is 5.75 Å². The molecule has 0 atom stereocenters. The van der Waals surface area contributed by atoms with Gasteiger partial charge in [-0.05, 0) is 44.0 Å². The molecule has 67 valence electrons. The first-order chi connectivity index (χ1) is 6.24. The van der Waals surface area contributed by atoms with Crippen LogP contribution in [0.15, 0.2) is 21.1 Å². The standard InChI is InChI=1S/C9H6Br2NO/c1-13-9-6(10)4-5-2-3-12-8(5)7(9)11/h2,4,12H,1H3. The molecule has 0 fully saturated rings. The molecular formula is C9H6Br2NO. The number of aromatic nitrogens is 1. The molecule has 0 aliphatic carbocycles. The predicted octanol–water partition coefficient (Wildman–Crippen LogP) is 3.50. The van der Waals surface area contributed by atoms with Crippen molar-refractivity contribution >= 4 is 42.8 Å². The quantitative estimate of drug-likeness (QED) is 0.857. The third kappa shape index (κ3) is 1.38. The molecule has 2 aromatic rings. The summed E-state index contributed by atoms with van der Waals surface area (Å²) in [6.45, 7) is 0. The van der Waals surface area contributed by atoms with Crippen LogP contribution in [-0.2, 0) is 0 Å². The van der Waals surface area contributed by atoms with E-state index in [9.17, 15) is 0 Å². The van der Waals surface area contributed by atoms with Gasteiger partial charge in [-0.15, -0.1) is 0 Å². The molecule has 1 N–H and O–H groups in total. The Labute approximate surface area is 92.5 Å².